The molecule has 0 aliphatic carbocycles. The van der Waals surface area contributed by atoms with Gasteiger partial charge in [-0.15, -0.1) is 0 Å². The van der Waals surface area contributed by atoms with Crippen LogP contribution in [0.15, 0.2) is 65.3 Å². The number of fused-ring (bicyclic) bond motifs is 1. The third-order valence-electron chi connectivity index (χ3n) is 5.98. The molecule has 2 aromatic carbocycles. The second kappa shape index (κ2) is 10.1. The number of nitro groups is 1. The fourth-order valence-electron chi connectivity index (χ4n) is 4.24. The second-order valence-electron chi connectivity index (χ2n) is 8.33. The van der Waals surface area contributed by atoms with Crippen LogP contribution in [-0.2, 0) is 6.54 Å². The quantitative estimate of drug-likeness (QED) is 0.209. The molecule has 0 unspecified atom stereocenters. The molecule has 0 atom stereocenters. The Kier molecular flexibility index (Phi) is 6.74. The number of amides is 1. The predicted octanol–water partition coefficient (Wildman–Crippen LogP) is 6.20. The fraction of sp³-hybridized carbons (Fsp3) is 0.240. The third-order valence-corrected chi connectivity index (χ3v) is 7.51. The molecule has 0 saturated carbocycles. The molecule has 2 aromatic heterocycles. The predicted molar refractivity (Wildman–Crippen MR) is 141 cm³/mol. The van der Waals surface area contributed by atoms with Crippen molar-refractivity contribution >= 4 is 59.9 Å². The average molecular weight is 552 g/mol. The van der Waals surface area contributed by atoms with Crippen LogP contribution in [0.5, 0.6) is 0 Å². The van der Waals surface area contributed by atoms with Crippen LogP contribution in [0.1, 0.15) is 35.3 Å². The summed E-state index contributed by atoms with van der Waals surface area (Å²) in [5.74, 6) is -0.359. The van der Waals surface area contributed by atoms with Crippen LogP contribution in [0.3, 0.4) is 0 Å². The molecular weight excluding hydrogens is 530 g/mol. The summed E-state index contributed by atoms with van der Waals surface area (Å²) in [6.45, 7) is 1.75. The van der Waals surface area contributed by atoms with Gasteiger partial charge >= 0.3 is 0 Å². The summed E-state index contributed by atoms with van der Waals surface area (Å²) in [7, 11) is 0. The first-order valence-corrected chi connectivity index (χ1v) is 12.9. The Bertz CT molecular complexity index is 1390. The number of pyridine rings is 1. The van der Waals surface area contributed by atoms with Crippen LogP contribution in [0.2, 0.25) is 0 Å². The minimum atomic E-state index is -0.404. The van der Waals surface area contributed by atoms with Crippen molar-refractivity contribution in [2.45, 2.75) is 25.8 Å². The number of carbonyl (C=O) groups excluding carboxylic acids is 1. The van der Waals surface area contributed by atoms with Gasteiger partial charge in [0, 0.05) is 35.4 Å². The van der Waals surface area contributed by atoms with Crippen LogP contribution >= 0.6 is 27.3 Å². The molecule has 0 N–H and O–H groups in total. The highest BCUT2D eigenvalue weighted by molar-refractivity contribution is 9.10. The lowest BCUT2D eigenvalue weighted by Gasteiger charge is -2.28. The molecule has 4 aromatic rings. The Morgan fingerprint density at radius 1 is 1.11 bits per heavy atom. The van der Waals surface area contributed by atoms with E-state index in [2.05, 4.69) is 25.9 Å². The molecule has 35 heavy (non-hydrogen) atoms. The van der Waals surface area contributed by atoms with Crippen molar-refractivity contribution in [2.75, 3.05) is 22.9 Å². The molecule has 1 fully saturated rings. The van der Waals surface area contributed by atoms with E-state index in [4.69, 9.17) is 0 Å². The molecule has 178 valence electrons. The van der Waals surface area contributed by atoms with Crippen LogP contribution in [0.25, 0.3) is 10.2 Å². The SMILES string of the molecule is O=C(c1ccc(N2CCCCC2)c([N+](=O)[O-])c1)N(Cc1ccccn1)c1nc2ccc(Br)cc2s1. The third kappa shape index (κ3) is 5.03. The number of nitro benzene ring substituents is 1. The summed E-state index contributed by atoms with van der Waals surface area (Å²) in [4.78, 5) is 37.9. The second-order valence-corrected chi connectivity index (χ2v) is 10.3. The number of rotatable bonds is 6. The first-order chi connectivity index (χ1) is 17.0. The van der Waals surface area contributed by atoms with E-state index in [1.54, 1.807) is 23.2 Å². The number of piperidine rings is 1. The first kappa shape index (κ1) is 23.4. The maximum atomic E-state index is 13.8. The topological polar surface area (TPSA) is 92.5 Å². The Labute approximate surface area is 214 Å². The molecule has 1 amide bonds. The van der Waals surface area contributed by atoms with Gasteiger partial charge < -0.3 is 4.90 Å². The van der Waals surface area contributed by atoms with Gasteiger partial charge in [-0.3, -0.25) is 24.8 Å². The van der Waals surface area contributed by atoms with Gasteiger partial charge in [0.2, 0.25) is 0 Å². The maximum Gasteiger partial charge on any atom is 0.293 e. The van der Waals surface area contributed by atoms with Crippen molar-refractivity contribution in [2.24, 2.45) is 0 Å². The monoisotopic (exact) mass is 551 g/mol. The molecule has 10 heteroatoms. The van der Waals surface area contributed by atoms with E-state index in [0.29, 0.717) is 16.5 Å². The fourth-order valence-corrected chi connectivity index (χ4v) is 5.76. The highest BCUT2D eigenvalue weighted by atomic mass is 79.9. The zero-order chi connectivity index (χ0) is 24.4. The Hall–Kier alpha value is -3.37. The summed E-state index contributed by atoms with van der Waals surface area (Å²) in [5.41, 5.74) is 2.23. The summed E-state index contributed by atoms with van der Waals surface area (Å²) < 4.78 is 1.85. The van der Waals surface area contributed by atoms with Crippen LogP contribution < -0.4 is 9.80 Å². The average Bonchev–Trinajstić information content (AvgIpc) is 3.30. The molecule has 0 spiro atoms. The zero-order valence-corrected chi connectivity index (χ0v) is 21.2. The zero-order valence-electron chi connectivity index (χ0n) is 18.8. The highest BCUT2D eigenvalue weighted by Crippen LogP contribution is 2.35. The standard InChI is InChI=1S/C25H22BrN5O3S/c26-18-8-9-20-23(15-18)35-25(28-20)30(16-19-6-2-3-11-27-19)24(32)17-7-10-21(22(14-17)31(33)34)29-12-4-1-5-13-29/h2-3,6-11,14-15H,1,4-5,12-13,16H2. The van der Waals surface area contributed by atoms with Crippen molar-refractivity contribution in [3.8, 4) is 0 Å². The number of hydrogen-bond acceptors (Lipinski definition) is 7. The Morgan fingerprint density at radius 2 is 1.94 bits per heavy atom. The van der Waals surface area contributed by atoms with Crippen molar-refractivity contribution in [1.82, 2.24) is 9.97 Å². The van der Waals surface area contributed by atoms with E-state index in [-0.39, 0.29) is 23.7 Å². The number of aromatic nitrogens is 2. The van der Waals surface area contributed by atoms with E-state index in [9.17, 15) is 14.9 Å². The van der Waals surface area contributed by atoms with Crippen molar-refractivity contribution in [3.63, 3.8) is 0 Å². The highest BCUT2D eigenvalue weighted by Gasteiger charge is 2.27. The number of hydrogen-bond donors (Lipinski definition) is 0. The summed E-state index contributed by atoms with van der Waals surface area (Å²) in [5, 5.41) is 12.5. The Balaban J connectivity index is 1.54. The molecule has 3 heterocycles. The van der Waals surface area contributed by atoms with Gasteiger partial charge in [0.15, 0.2) is 5.13 Å². The van der Waals surface area contributed by atoms with E-state index in [1.807, 2.05) is 41.3 Å². The van der Waals surface area contributed by atoms with E-state index in [1.165, 1.54) is 17.4 Å². The lowest BCUT2D eigenvalue weighted by atomic mass is 10.1. The molecule has 1 saturated heterocycles. The lowest BCUT2D eigenvalue weighted by Crippen LogP contribution is -2.32. The van der Waals surface area contributed by atoms with Gasteiger partial charge in [0.1, 0.15) is 5.69 Å². The van der Waals surface area contributed by atoms with Crippen LogP contribution in [0, 0.1) is 10.1 Å². The number of halogens is 1. The smallest absolute Gasteiger partial charge is 0.293 e. The van der Waals surface area contributed by atoms with Crippen molar-refractivity contribution in [3.05, 3.63) is 86.6 Å². The first-order valence-electron chi connectivity index (χ1n) is 11.3. The van der Waals surface area contributed by atoms with Crippen LogP contribution in [-0.4, -0.2) is 33.9 Å². The molecular formula is C25H22BrN5O3S. The van der Waals surface area contributed by atoms with Crippen LogP contribution in [0.4, 0.5) is 16.5 Å². The minimum absolute atomic E-state index is 0.0521. The maximum absolute atomic E-state index is 13.8. The summed E-state index contributed by atoms with van der Waals surface area (Å²) in [6.07, 6.45) is 4.81. The molecule has 1 aliphatic heterocycles. The molecule has 0 radical (unpaired) electrons. The normalized spacial score (nSPS) is 13.7. The van der Waals surface area contributed by atoms with Crippen molar-refractivity contribution in [1.29, 1.82) is 0 Å². The van der Waals surface area contributed by atoms with E-state index >= 15 is 0 Å². The van der Waals surface area contributed by atoms with Gasteiger partial charge in [-0.2, -0.15) is 0 Å². The molecule has 0 bridgehead atoms. The number of nitrogens with zero attached hydrogens (tertiary/aromatic N) is 5. The van der Waals surface area contributed by atoms with Gasteiger partial charge in [0.25, 0.3) is 11.6 Å². The Morgan fingerprint density at radius 3 is 2.69 bits per heavy atom. The van der Waals surface area contributed by atoms with E-state index in [0.717, 1.165) is 47.0 Å². The van der Waals surface area contributed by atoms with Crippen molar-refractivity contribution < 1.29 is 9.72 Å². The van der Waals surface area contributed by atoms with Gasteiger partial charge in [-0.25, -0.2) is 4.98 Å². The number of benzene rings is 2. The van der Waals surface area contributed by atoms with Gasteiger partial charge in [-0.05, 0) is 61.7 Å². The van der Waals surface area contributed by atoms with Gasteiger partial charge in [0.05, 0.1) is 27.4 Å². The number of carbonyl (C=O) groups is 1. The number of anilines is 2. The van der Waals surface area contributed by atoms with Gasteiger partial charge in [-0.1, -0.05) is 33.3 Å². The summed E-state index contributed by atoms with van der Waals surface area (Å²) in [6, 6.07) is 16.0. The molecule has 8 nitrogen and oxygen atoms in total. The minimum Gasteiger partial charge on any atom is -0.366 e. The largest absolute Gasteiger partial charge is 0.366 e. The van der Waals surface area contributed by atoms with E-state index < -0.39 is 4.92 Å². The molecule has 1 aliphatic rings. The summed E-state index contributed by atoms with van der Waals surface area (Å²) >= 11 is 4.87. The number of thiazole rings is 1. The molecule has 5 rings (SSSR count). The lowest BCUT2D eigenvalue weighted by molar-refractivity contribution is -0.384.